The first kappa shape index (κ1) is 14.0. The molecule has 0 saturated heterocycles. The molecule has 1 N–H and O–H groups in total. The summed E-state index contributed by atoms with van der Waals surface area (Å²) in [4.78, 5) is 0.297. The maximum atomic E-state index is 11.8. The molecule has 1 rings (SSSR count). The maximum absolute atomic E-state index is 11.8. The van der Waals surface area contributed by atoms with E-state index in [9.17, 15) is 8.42 Å². The highest BCUT2D eigenvalue weighted by Crippen LogP contribution is 2.15. The highest BCUT2D eigenvalue weighted by Gasteiger charge is 2.12. The van der Waals surface area contributed by atoms with Gasteiger partial charge in [0, 0.05) is 11.0 Å². The molecular formula is C10H14BrNO2S2. The molecule has 0 radical (unpaired) electrons. The zero-order chi connectivity index (χ0) is 12.0. The molecule has 16 heavy (non-hydrogen) atoms. The van der Waals surface area contributed by atoms with E-state index in [0.29, 0.717) is 11.4 Å². The van der Waals surface area contributed by atoms with Crippen LogP contribution in [0.5, 0.6) is 0 Å². The van der Waals surface area contributed by atoms with Crippen LogP contribution in [0.4, 0.5) is 0 Å². The summed E-state index contributed by atoms with van der Waals surface area (Å²) in [6, 6.07) is 6.69. The van der Waals surface area contributed by atoms with Gasteiger partial charge in [0.05, 0.1) is 4.90 Å². The standard InChI is InChI=1S/C10H14BrNO2S2/c1-15-7-3-6-12-16(13,14)10-5-2-4-9(11)8-10/h2,4-5,8,12H,3,6-7H2,1H3. The Labute approximate surface area is 109 Å². The Kier molecular flexibility index (Phi) is 5.82. The summed E-state index contributed by atoms with van der Waals surface area (Å²) >= 11 is 4.96. The number of benzene rings is 1. The minimum absolute atomic E-state index is 0.297. The molecule has 0 atom stereocenters. The van der Waals surface area contributed by atoms with E-state index in [2.05, 4.69) is 20.7 Å². The molecule has 0 spiro atoms. The summed E-state index contributed by atoms with van der Waals surface area (Å²) in [5.74, 6) is 0.959. The monoisotopic (exact) mass is 323 g/mol. The summed E-state index contributed by atoms with van der Waals surface area (Å²) in [7, 11) is -3.35. The molecule has 0 bridgehead atoms. The van der Waals surface area contributed by atoms with Gasteiger partial charge in [0.1, 0.15) is 0 Å². The fraction of sp³-hybridized carbons (Fsp3) is 0.400. The molecule has 1 aromatic rings. The van der Waals surface area contributed by atoms with Gasteiger partial charge in [-0.25, -0.2) is 13.1 Å². The SMILES string of the molecule is CSCCCNS(=O)(=O)c1cccc(Br)c1. The topological polar surface area (TPSA) is 46.2 Å². The van der Waals surface area contributed by atoms with Crippen LogP contribution in [0.2, 0.25) is 0 Å². The molecule has 0 amide bonds. The minimum Gasteiger partial charge on any atom is -0.211 e. The van der Waals surface area contributed by atoms with Gasteiger partial charge in [0.2, 0.25) is 10.0 Å². The first-order valence-electron chi connectivity index (χ1n) is 4.80. The second-order valence-electron chi connectivity index (χ2n) is 3.20. The van der Waals surface area contributed by atoms with Gasteiger partial charge in [-0.2, -0.15) is 11.8 Å². The highest BCUT2D eigenvalue weighted by molar-refractivity contribution is 9.10. The van der Waals surface area contributed by atoms with Gasteiger partial charge in [0.25, 0.3) is 0 Å². The van der Waals surface area contributed by atoms with Crippen LogP contribution in [0.25, 0.3) is 0 Å². The lowest BCUT2D eigenvalue weighted by Gasteiger charge is -2.06. The maximum Gasteiger partial charge on any atom is 0.240 e. The Bertz CT molecular complexity index is 434. The van der Waals surface area contributed by atoms with Crippen molar-refractivity contribution < 1.29 is 8.42 Å². The van der Waals surface area contributed by atoms with Crippen LogP contribution in [0.1, 0.15) is 6.42 Å². The van der Waals surface area contributed by atoms with Crippen molar-refractivity contribution in [3.63, 3.8) is 0 Å². The predicted octanol–water partition coefficient (Wildman–Crippen LogP) is 2.48. The Hall–Kier alpha value is -0.0400. The van der Waals surface area contributed by atoms with Crippen molar-refractivity contribution in [1.29, 1.82) is 0 Å². The van der Waals surface area contributed by atoms with Gasteiger partial charge < -0.3 is 0 Å². The molecule has 0 aromatic heterocycles. The quantitative estimate of drug-likeness (QED) is 0.818. The third-order valence-electron chi connectivity index (χ3n) is 1.92. The number of rotatable bonds is 6. The molecule has 6 heteroatoms. The third kappa shape index (κ3) is 4.45. The zero-order valence-electron chi connectivity index (χ0n) is 8.94. The van der Waals surface area contributed by atoms with Gasteiger partial charge in [-0.1, -0.05) is 22.0 Å². The summed E-state index contributed by atoms with van der Waals surface area (Å²) in [6.45, 7) is 0.482. The molecule has 0 fully saturated rings. The Morgan fingerprint density at radius 1 is 1.44 bits per heavy atom. The van der Waals surface area contributed by atoms with Crippen molar-refractivity contribution >= 4 is 37.7 Å². The molecule has 90 valence electrons. The second-order valence-corrected chi connectivity index (χ2v) is 6.87. The first-order chi connectivity index (χ1) is 7.56. The van der Waals surface area contributed by atoms with E-state index in [0.717, 1.165) is 16.6 Å². The van der Waals surface area contributed by atoms with E-state index >= 15 is 0 Å². The van der Waals surface area contributed by atoms with Crippen LogP contribution >= 0.6 is 27.7 Å². The molecule has 0 heterocycles. The number of nitrogens with one attached hydrogen (secondary N) is 1. The summed E-state index contributed by atoms with van der Waals surface area (Å²) in [5, 5.41) is 0. The zero-order valence-corrected chi connectivity index (χ0v) is 12.2. The van der Waals surface area contributed by atoms with Gasteiger partial charge in [-0.15, -0.1) is 0 Å². The van der Waals surface area contributed by atoms with Crippen LogP contribution in [0, 0.1) is 0 Å². The number of thioether (sulfide) groups is 1. The molecule has 0 aliphatic carbocycles. The molecular weight excluding hydrogens is 310 g/mol. The lowest BCUT2D eigenvalue weighted by Crippen LogP contribution is -2.25. The summed E-state index contributed by atoms with van der Waals surface area (Å²) in [5.41, 5.74) is 0. The van der Waals surface area contributed by atoms with Gasteiger partial charge in [-0.3, -0.25) is 0 Å². The van der Waals surface area contributed by atoms with E-state index in [4.69, 9.17) is 0 Å². The average Bonchev–Trinajstić information content (AvgIpc) is 2.24. The third-order valence-corrected chi connectivity index (χ3v) is 4.57. The van der Waals surface area contributed by atoms with Crippen molar-refractivity contribution in [2.24, 2.45) is 0 Å². The molecule has 0 saturated carbocycles. The molecule has 0 aliphatic heterocycles. The highest BCUT2D eigenvalue weighted by atomic mass is 79.9. The van der Waals surface area contributed by atoms with E-state index < -0.39 is 10.0 Å². The molecule has 3 nitrogen and oxygen atoms in total. The first-order valence-corrected chi connectivity index (χ1v) is 8.47. The van der Waals surface area contributed by atoms with E-state index in [1.165, 1.54) is 0 Å². The molecule has 1 aromatic carbocycles. The number of hydrogen-bond donors (Lipinski definition) is 1. The molecule has 0 unspecified atom stereocenters. The lowest BCUT2D eigenvalue weighted by atomic mass is 10.4. The Morgan fingerprint density at radius 2 is 2.19 bits per heavy atom. The second kappa shape index (κ2) is 6.64. The number of halogens is 1. The van der Waals surface area contributed by atoms with Crippen LogP contribution < -0.4 is 4.72 Å². The van der Waals surface area contributed by atoms with Crippen LogP contribution in [0.3, 0.4) is 0 Å². The van der Waals surface area contributed by atoms with Crippen LogP contribution in [-0.2, 0) is 10.0 Å². The van der Waals surface area contributed by atoms with Crippen molar-refractivity contribution in [2.75, 3.05) is 18.6 Å². The van der Waals surface area contributed by atoms with E-state index in [1.54, 1.807) is 36.0 Å². The summed E-state index contributed by atoms with van der Waals surface area (Å²) in [6.07, 6.45) is 2.84. The smallest absolute Gasteiger partial charge is 0.211 e. The fourth-order valence-corrected chi connectivity index (χ4v) is 3.24. The van der Waals surface area contributed by atoms with E-state index in [1.807, 2.05) is 6.26 Å². The molecule has 0 aliphatic rings. The van der Waals surface area contributed by atoms with Gasteiger partial charge in [0.15, 0.2) is 0 Å². The normalized spacial score (nSPS) is 11.6. The minimum atomic E-state index is -3.35. The number of sulfonamides is 1. The van der Waals surface area contributed by atoms with E-state index in [-0.39, 0.29) is 0 Å². The average molecular weight is 324 g/mol. The van der Waals surface area contributed by atoms with Crippen molar-refractivity contribution in [1.82, 2.24) is 4.72 Å². The Morgan fingerprint density at radius 3 is 2.81 bits per heavy atom. The fourth-order valence-electron chi connectivity index (χ4n) is 1.14. The van der Waals surface area contributed by atoms with Crippen molar-refractivity contribution in [2.45, 2.75) is 11.3 Å². The number of hydrogen-bond acceptors (Lipinski definition) is 3. The van der Waals surface area contributed by atoms with Crippen LogP contribution in [-0.4, -0.2) is 27.0 Å². The van der Waals surface area contributed by atoms with Crippen LogP contribution in [0.15, 0.2) is 33.6 Å². The van der Waals surface area contributed by atoms with Gasteiger partial charge in [-0.05, 0) is 36.6 Å². The summed E-state index contributed by atoms with van der Waals surface area (Å²) < 4.78 is 27.0. The van der Waals surface area contributed by atoms with Crippen molar-refractivity contribution in [3.05, 3.63) is 28.7 Å². The largest absolute Gasteiger partial charge is 0.240 e. The Balaban J connectivity index is 2.64. The lowest BCUT2D eigenvalue weighted by molar-refractivity contribution is 0.581. The van der Waals surface area contributed by atoms with Gasteiger partial charge >= 0.3 is 0 Å². The van der Waals surface area contributed by atoms with Crippen molar-refractivity contribution in [3.8, 4) is 0 Å². The predicted molar refractivity (Wildman–Crippen MR) is 72.3 cm³/mol.